The van der Waals surface area contributed by atoms with Crippen molar-refractivity contribution in [2.75, 3.05) is 62.2 Å². The number of piperazine rings is 2. The van der Waals surface area contributed by atoms with Crippen LogP contribution in [0.4, 0.5) is 21.2 Å². The number of amides is 8. The third kappa shape index (κ3) is 9.24. The zero-order valence-corrected chi connectivity index (χ0v) is 39.5. The van der Waals surface area contributed by atoms with Crippen molar-refractivity contribution in [3.63, 3.8) is 0 Å². The first-order valence-electron chi connectivity index (χ1n) is 24.3. The highest BCUT2D eigenvalue weighted by Crippen LogP contribution is 2.42. The molecule has 16 heteroatoms. The van der Waals surface area contributed by atoms with Gasteiger partial charge in [-0.25, -0.2) is 19.6 Å². The van der Waals surface area contributed by atoms with Gasteiger partial charge in [-0.1, -0.05) is 63.1 Å². The molecule has 2 atom stereocenters. The van der Waals surface area contributed by atoms with Gasteiger partial charge in [0.2, 0.25) is 0 Å². The van der Waals surface area contributed by atoms with Crippen LogP contribution in [0.15, 0.2) is 73.1 Å². The molecule has 0 spiro atoms. The lowest BCUT2D eigenvalue weighted by Crippen LogP contribution is -2.49. The molecule has 68 heavy (non-hydrogen) atoms. The van der Waals surface area contributed by atoms with E-state index in [9.17, 15) is 28.8 Å². The Labute approximate surface area is 397 Å². The zero-order chi connectivity index (χ0) is 47.7. The lowest BCUT2D eigenvalue weighted by molar-refractivity contribution is -0.125. The van der Waals surface area contributed by atoms with Crippen LogP contribution in [0.25, 0.3) is 0 Å². The van der Waals surface area contributed by atoms with Crippen molar-refractivity contribution in [2.45, 2.75) is 102 Å². The Hall–Kier alpha value is -6.84. The molecule has 10 rings (SSSR count). The fraction of sp³-hybridized carbons (Fsp3) is 0.462. The monoisotopic (exact) mass is 922 g/mol. The van der Waals surface area contributed by atoms with E-state index in [1.54, 1.807) is 48.5 Å². The molecule has 4 N–H and O–H groups in total. The Morgan fingerprint density at radius 3 is 1.19 bits per heavy atom. The van der Waals surface area contributed by atoms with E-state index in [0.717, 1.165) is 50.7 Å². The van der Waals surface area contributed by atoms with Crippen molar-refractivity contribution in [3.8, 4) is 0 Å². The van der Waals surface area contributed by atoms with Gasteiger partial charge in [-0.05, 0) is 122 Å². The zero-order valence-electron chi connectivity index (χ0n) is 39.5. The minimum atomic E-state index is -1.07. The van der Waals surface area contributed by atoms with E-state index in [1.807, 2.05) is 36.0 Å². The fourth-order valence-corrected chi connectivity index (χ4v) is 10.3. The number of aromatic nitrogens is 2. The summed E-state index contributed by atoms with van der Waals surface area (Å²) in [5.41, 5.74) is 5.48. The predicted molar refractivity (Wildman–Crippen MR) is 258 cm³/mol. The Morgan fingerprint density at radius 2 is 0.912 bits per heavy atom. The molecule has 4 aliphatic heterocycles. The lowest BCUT2D eigenvalue weighted by atomic mass is 9.85. The number of nitrogens with zero attached hydrogens (tertiary/aromatic N) is 6. The number of anilines is 2. The molecule has 2 aliphatic carbocycles. The maximum absolute atomic E-state index is 13.1. The van der Waals surface area contributed by atoms with E-state index in [0.29, 0.717) is 73.1 Å². The number of carbonyl (C=O) groups excluding carboxylic acids is 6. The van der Waals surface area contributed by atoms with Gasteiger partial charge in [-0.2, -0.15) is 0 Å². The molecule has 16 nitrogen and oxygen atoms in total. The summed E-state index contributed by atoms with van der Waals surface area (Å²) in [6.07, 6.45) is 11.5. The van der Waals surface area contributed by atoms with Gasteiger partial charge in [0.1, 0.15) is 22.7 Å². The number of rotatable bonds is 12. The molecular weight excluding hydrogens is 861 g/mol. The molecule has 356 valence electrons. The van der Waals surface area contributed by atoms with Crippen molar-refractivity contribution in [1.82, 2.24) is 41.0 Å². The van der Waals surface area contributed by atoms with E-state index in [4.69, 9.17) is 9.97 Å². The van der Waals surface area contributed by atoms with Gasteiger partial charge in [0.05, 0.1) is 0 Å². The number of urea groups is 2. The summed E-state index contributed by atoms with van der Waals surface area (Å²) < 4.78 is 0. The van der Waals surface area contributed by atoms with E-state index >= 15 is 0 Å². The quantitative estimate of drug-likeness (QED) is 0.120. The van der Waals surface area contributed by atoms with Crippen LogP contribution in [0, 0.1) is 13.8 Å². The van der Waals surface area contributed by atoms with Crippen LogP contribution in [-0.2, 0) is 20.7 Å². The second-order valence-corrected chi connectivity index (χ2v) is 19.2. The van der Waals surface area contributed by atoms with Crippen LogP contribution in [0.3, 0.4) is 0 Å². The summed E-state index contributed by atoms with van der Waals surface area (Å²) in [7, 11) is 0. The van der Waals surface area contributed by atoms with Crippen molar-refractivity contribution >= 4 is 47.3 Å². The van der Waals surface area contributed by atoms with E-state index in [1.165, 1.54) is 47.9 Å². The molecule has 0 unspecified atom stereocenters. The van der Waals surface area contributed by atoms with Crippen molar-refractivity contribution in [1.29, 1.82) is 0 Å². The normalized spacial score (nSPS) is 22.5. The number of carbonyl (C=O) groups is 6. The van der Waals surface area contributed by atoms with Crippen LogP contribution in [0.1, 0.15) is 131 Å². The second-order valence-electron chi connectivity index (χ2n) is 19.2. The van der Waals surface area contributed by atoms with Gasteiger partial charge in [0.15, 0.2) is 0 Å². The average Bonchev–Trinajstić information content (AvgIpc) is 4.30. The van der Waals surface area contributed by atoms with Crippen LogP contribution < -0.4 is 31.1 Å². The Kier molecular flexibility index (Phi) is 13.0. The number of aryl methyl sites for hydroxylation is 2. The molecule has 6 aliphatic rings. The first-order chi connectivity index (χ1) is 32.8. The summed E-state index contributed by atoms with van der Waals surface area (Å²) in [5, 5.41) is 10.2. The minimum absolute atomic E-state index is 0.0237. The standard InChI is InChI=1S/2C26H31N5O3/c2*1-3-10-26(24(33)28-25(34)29-26)21-8-6-19(7-9-21)23(32)31-13-11-30(12-14-31)22-17(2)15-20(16-27-22)18-4-5-18/h2*6-9,15-16,18H,3-5,10-14H2,1-2H3,(H2,28,29,33,34)/t2*26-/m10/s1. The van der Waals surface area contributed by atoms with Crippen LogP contribution in [0.2, 0.25) is 0 Å². The third-order valence-electron chi connectivity index (χ3n) is 14.4. The van der Waals surface area contributed by atoms with Gasteiger partial charge < -0.3 is 30.2 Å². The number of nitrogens with one attached hydrogen (secondary N) is 4. The molecular formula is C52H62N10O6. The molecule has 6 fully saturated rings. The molecule has 0 bridgehead atoms. The van der Waals surface area contributed by atoms with Crippen molar-refractivity contribution < 1.29 is 28.8 Å². The first kappa shape index (κ1) is 46.3. The average molecular weight is 923 g/mol. The number of imide groups is 2. The topological polar surface area (TPSA) is 189 Å². The molecule has 0 radical (unpaired) electrons. The van der Waals surface area contributed by atoms with Crippen molar-refractivity contribution in [2.24, 2.45) is 0 Å². The Balaban J connectivity index is 0.000000170. The number of hydrogen-bond acceptors (Lipinski definition) is 10. The lowest BCUT2D eigenvalue weighted by Gasteiger charge is -2.36. The van der Waals surface area contributed by atoms with Gasteiger partial charge in [-0.15, -0.1) is 0 Å². The molecule has 2 aromatic heterocycles. The molecule has 2 aromatic carbocycles. The number of benzene rings is 2. The second kappa shape index (κ2) is 19.0. The maximum Gasteiger partial charge on any atom is 0.322 e. The SMILES string of the molecule is CCC[C@@]1(c2ccc(C(=O)N3CCN(c4ncc(C5CC5)cc4C)CC3)cc2)NC(=O)NC1=O.CCC[C@]1(c2ccc(C(=O)N3CCN(c4ncc(C5CC5)cc4C)CC3)cc2)NC(=O)NC1=O. The summed E-state index contributed by atoms with van der Waals surface area (Å²) in [4.78, 5) is 92.6. The predicted octanol–water partition coefficient (Wildman–Crippen LogP) is 6.13. The smallest absolute Gasteiger partial charge is 0.322 e. The molecule has 4 aromatic rings. The molecule has 4 saturated heterocycles. The highest BCUT2D eigenvalue weighted by Gasteiger charge is 2.48. The maximum atomic E-state index is 13.1. The highest BCUT2D eigenvalue weighted by atomic mass is 16.2. The third-order valence-corrected chi connectivity index (χ3v) is 14.4. The molecule has 2 saturated carbocycles. The van der Waals surface area contributed by atoms with E-state index < -0.39 is 23.1 Å². The summed E-state index contributed by atoms with van der Waals surface area (Å²) >= 11 is 0. The fourth-order valence-electron chi connectivity index (χ4n) is 10.3. The van der Waals surface area contributed by atoms with Crippen LogP contribution >= 0.6 is 0 Å². The number of pyridine rings is 2. The Bertz CT molecular complexity index is 2420. The van der Waals surface area contributed by atoms with Crippen LogP contribution in [-0.4, -0.2) is 108 Å². The summed E-state index contributed by atoms with van der Waals surface area (Å²) in [6, 6.07) is 17.7. The van der Waals surface area contributed by atoms with Gasteiger partial charge >= 0.3 is 12.1 Å². The summed E-state index contributed by atoms with van der Waals surface area (Å²) in [5.74, 6) is 2.67. The van der Waals surface area contributed by atoms with Crippen molar-refractivity contribution in [3.05, 3.63) is 118 Å². The first-order valence-corrected chi connectivity index (χ1v) is 24.3. The van der Waals surface area contributed by atoms with E-state index in [2.05, 4.69) is 57.0 Å². The Morgan fingerprint density at radius 1 is 0.559 bits per heavy atom. The van der Waals surface area contributed by atoms with Gasteiger partial charge in [0.25, 0.3) is 23.6 Å². The largest absolute Gasteiger partial charge is 0.353 e. The highest BCUT2D eigenvalue weighted by molar-refractivity contribution is 6.08. The minimum Gasteiger partial charge on any atom is -0.353 e. The van der Waals surface area contributed by atoms with Gasteiger partial charge in [-0.3, -0.25) is 29.8 Å². The van der Waals surface area contributed by atoms with E-state index in [-0.39, 0.29) is 23.6 Å². The van der Waals surface area contributed by atoms with Gasteiger partial charge in [0, 0.05) is 75.9 Å². The number of hydrogen-bond donors (Lipinski definition) is 4. The van der Waals surface area contributed by atoms with Crippen LogP contribution in [0.5, 0.6) is 0 Å². The molecule has 8 amide bonds. The summed E-state index contributed by atoms with van der Waals surface area (Å²) in [6.45, 7) is 13.7. The molecule has 6 heterocycles.